The number of ketones is 1. The highest BCUT2D eigenvalue weighted by molar-refractivity contribution is 6.32. The fourth-order valence-electron chi connectivity index (χ4n) is 1.81. The largest absolute Gasteiger partial charge is 0.475 e. The summed E-state index contributed by atoms with van der Waals surface area (Å²) in [6, 6.07) is 8.30. The van der Waals surface area contributed by atoms with Gasteiger partial charge in [-0.3, -0.25) is 4.79 Å². The van der Waals surface area contributed by atoms with Gasteiger partial charge in [-0.05, 0) is 12.0 Å². The van der Waals surface area contributed by atoms with Crippen molar-refractivity contribution >= 4 is 17.8 Å². The van der Waals surface area contributed by atoms with Crippen LogP contribution >= 0.6 is 0 Å². The van der Waals surface area contributed by atoms with Gasteiger partial charge in [-0.15, -0.1) is 0 Å². The van der Waals surface area contributed by atoms with Crippen LogP contribution in [0.1, 0.15) is 25.3 Å². The second-order valence-corrected chi connectivity index (χ2v) is 4.72. The standard InChI is InChI=1S/C15H19NO6/c1-2-11(12(17)8-13(18)14(19)20)16-15(21)22-9-10-6-4-3-5-7-10/h3-7,11-12,17H,2,8-9H2,1H3,(H,16,21)(H,19,20)/t11-,12+/m0/s1. The van der Waals surface area contributed by atoms with E-state index in [1.54, 1.807) is 19.1 Å². The van der Waals surface area contributed by atoms with Gasteiger partial charge in [-0.25, -0.2) is 9.59 Å². The molecule has 1 aromatic rings. The third-order valence-electron chi connectivity index (χ3n) is 3.05. The Morgan fingerprint density at radius 3 is 2.41 bits per heavy atom. The second-order valence-electron chi connectivity index (χ2n) is 4.72. The van der Waals surface area contributed by atoms with Gasteiger partial charge in [0, 0.05) is 6.42 Å². The molecule has 0 spiro atoms. The highest BCUT2D eigenvalue weighted by Crippen LogP contribution is 2.06. The molecule has 0 aromatic heterocycles. The van der Waals surface area contributed by atoms with Crippen molar-refractivity contribution in [3.05, 3.63) is 35.9 Å². The van der Waals surface area contributed by atoms with Gasteiger partial charge in [0.1, 0.15) is 6.61 Å². The van der Waals surface area contributed by atoms with Gasteiger partial charge in [-0.1, -0.05) is 37.3 Å². The molecule has 1 amide bonds. The number of carboxylic acid groups (broad SMARTS) is 1. The molecule has 1 rings (SSSR count). The number of carboxylic acids is 1. The van der Waals surface area contributed by atoms with Crippen LogP contribution in [0.2, 0.25) is 0 Å². The van der Waals surface area contributed by atoms with Gasteiger partial charge in [0.15, 0.2) is 0 Å². The quantitative estimate of drug-likeness (QED) is 0.620. The molecule has 0 aliphatic carbocycles. The molecule has 120 valence electrons. The van der Waals surface area contributed by atoms with Crippen molar-refractivity contribution in [2.24, 2.45) is 0 Å². The van der Waals surface area contributed by atoms with Crippen LogP contribution < -0.4 is 5.32 Å². The maximum atomic E-state index is 11.7. The lowest BCUT2D eigenvalue weighted by Crippen LogP contribution is -2.44. The number of amides is 1. The molecule has 7 heteroatoms. The number of rotatable bonds is 8. The Hall–Kier alpha value is -2.41. The van der Waals surface area contributed by atoms with Gasteiger partial charge in [0.2, 0.25) is 5.78 Å². The van der Waals surface area contributed by atoms with Crippen molar-refractivity contribution in [3.8, 4) is 0 Å². The number of Topliss-reactive ketones (excluding diaryl/α,β-unsaturated/α-hetero) is 1. The van der Waals surface area contributed by atoms with Gasteiger partial charge in [0.25, 0.3) is 0 Å². The number of alkyl carbamates (subject to hydrolysis) is 1. The molecule has 22 heavy (non-hydrogen) atoms. The fourth-order valence-corrected chi connectivity index (χ4v) is 1.81. The molecule has 0 heterocycles. The average Bonchev–Trinajstić information content (AvgIpc) is 2.51. The first-order valence-corrected chi connectivity index (χ1v) is 6.85. The zero-order chi connectivity index (χ0) is 16.5. The number of hydrogen-bond donors (Lipinski definition) is 3. The molecule has 7 nitrogen and oxygen atoms in total. The van der Waals surface area contributed by atoms with E-state index in [4.69, 9.17) is 9.84 Å². The normalized spacial score (nSPS) is 13.0. The van der Waals surface area contributed by atoms with E-state index in [1.165, 1.54) is 0 Å². The van der Waals surface area contributed by atoms with Crippen molar-refractivity contribution in [1.82, 2.24) is 5.32 Å². The summed E-state index contributed by atoms with van der Waals surface area (Å²) >= 11 is 0. The van der Waals surface area contributed by atoms with Crippen molar-refractivity contribution in [3.63, 3.8) is 0 Å². The van der Waals surface area contributed by atoms with Crippen LogP contribution in [0.5, 0.6) is 0 Å². The number of aliphatic hydroxyl groups excluding tert-OH is 1. The summed E-state index contributed by atoms with van der Waals surface area (Å²) in [6.07, 6.45) is -2.25. The molecular weight excluding hydrogens is 290 g/mol. The summed E-state index contributed by atoms with van der Waals surface area (Å²) < 4.78 is 5.00. The number of nitrogens with one attached hydrogen (secondary N) is 1. The van der Waals surface area contributed by atoms with Crippen LogP contribution in [0.25, 0.3) is 0 Å². The molecule has 2 atom stereocenters. The Balaban J connectivity index is 2.45. The highest BCUT2D eigenvalue weighted by Gasteiger charge is 2.25. The zero-order valence-corrected chi connectivity index (χ0v) is 12.2. The molecule has 0 aliphatic heterocycles. The number of carbonyl (C=O) groups excluding carboxylic acids is 2. The lowest BCUT2D eigenvalue weighted by molar-refractivity contribution is -0.150. The van der Waals surface area contributed by atoms with Gasteiger partial charge in [-0.2, -0.15) is 0 Å². The summed E-state index contributed by atoms with van der Waals surface area (Å²) in [4.78, 5) is 33.2. The third kappa shape index (κ3) is 5.92. The Kier molecular flexibility index (Phi) is 7.04. The Morgan fingerprint density at radius 2 is 1.86 bits per heavy atom. The summed E-state index contributed by atoms with van der Waals surface area (Å²) in [5.74, 6) is -2.72. The van der Waals surface area contributed by atoms with Crippen LogP contribution in [0.4, 0.5) is 4.79 Å². The number of carbonyl (C=O) groups is 3. The van der Waals surface area contributed by atoms with Gasteiger partial charge >= 0.3 is 12.1 Å². The van der Waals surface area contributed by atoms with Crippen LogP contribution in [0.3, 0.4) is 0 Å². The van der Waals surface area contributed by atoms with Crippen LogP contribution in [0, 0.1) is 0 Å². The van der Waals surface area contributed by atoms with Gasteiger partial charge in [0.05, 0.1) is 12.1 Å². The number of ether oxygens (including phenoxy) is 1. The Morgan fingerprint density at radius 1 is 1.23 bits per heavy atom. The molecule has 0 fully saturated rings. The molecular formula is C15H19NO6. The van der Waals surface area contributed by atoms with E-state index in [1.807, 2.05) is 18.2 Å². The molecule has 1 aromatic carbocycles. The maximum Gasteiger partial charge on any atom is 0.407 e. The lowest BCUT2D eigenvalue weighted by atomic mass is 10.0. The molecule has 3 N–H and O–H groups in total. The van der Waals surface area contributed by atoms with E-state index < -0.39 is 36.4 Å². The second kappa shape index (κ2) is 8.78. The molecule has 0 aliphatic rings. The molecule has 0 radical (unpaired) electrons. The fraction of sp³-hybridized carbons (Fsp3) is 0.400. The van der Waals surface area contributed by atoms with Crippen LogP contribution in [-0.2, 0) is 20.9 Å². The van der Waals surface area contributed by atoms with E-state index >= 15 is 0 Å². The predicted molar refractivity (Wildman–Crippen MR) is 77.1 cm³/mol. The Labute approximate surface area is 127 Å². The monoisotopic (exact) mass is 309 g/mol. The zero-order valence-electron chi connectivity index (χ0n) is 12.2. The van der Waals surface area contributed by atoms with Crippen LogP contribution in [0.15, 0.2) is 30.3 Å². The minimum atomic E-state index is -1.61. The van der Waals surface area contributed by atoms with Crippen molar-refractivity contribution in [2.45, 2.75) is 38.5 Å². The number of aliphatic hydroxyl groups is 1. The van der Waals surface area contributed by atoms with E-state index in [0.717, 1.165) is 5.56 Å². The summed E-state index contributed by atoms with van der Waals surface area (Å²) in [5, 5.41) is 20.7. The molecule has 0 unspecified atom stereocenters. The maximum absolute atomic E-state index is 11.7. The molecule has 0 saturated carbocycles. The van der Waals surface area contributed by atoms with Crippen molar-refractivity contribution in [1.29, 1.82) is 0 Å². The lowest BCUT2D eigenvalue weighted by Gasteiger charge is -2.21. The number of benzene rings is 1. The predicted octanol–water partition coefficient (Wildman–Crippen LogP) is 1.10. The summed E-state index contributed by atoms with van der Waals surface area (Å²) in [7, 11) is 0. The minimum absolute atomic E-state index is 0.0766. The Bertz CT molecular complexity index is 516. The highest BCUT2D eigenvalue weighted by atomic mass is 16.5. The first kappa shape index (κ1) is 17.6. The minimum Gasteiger partial charge on any atom is -0.475 e. The summed E-state index contributed by atoms with van der Waals surface area (Å²) in [6.45, 7) is 1.77. The smallest absolute Gasteiger partial charge is 0.407 e. The van der Waals surface area contributed by atoms with E-state index in [9.17, 15) is 19.5 Å². The van der Waals surface area contributed by atoms with E-state index in [0.29, 0.717) is 6.42 Å². The van der Waals surface area contributed by atoms with E-state index in [-0.39, 0.29) is 6.61 Å². The summed E-state index contributed by atoms with van der Waals surface area (Å²) in [5.41, 5.74) is 0.812. The van der Waals surface area contributed by atoms with Crippen LogP contribution in [-0.4, -0.2) is 40.2 Å². The van der Waals surface area contributed by atoms with Crippen molar-refractivity contribution < 1.29 is 29.3 Å². The average molecular weight is 309 g/mol. The van der Waals surface area contributed by atoms with Crippen molar-refractivity contribution in [2.75, 3.05) is 0 Å². The SMILES string of the molecule is CC[C@H](NC(=O)OCc1ccccc1)[C@H](O)CC(=O)C(=O)O. The topological polar surface area (TPSA) is 113 Å². The first-order valence-electron chi connectivity index (χ1n) is 6.85. The number of aliphatic carboxylic acids is 1. The molecule has 0 bridgehead atoms. The van der Waals surface area contributed by atoms with E-state index in [2.05, 4.69) is 5.32 Å². The third-order valence-corrected chi connectivity index (χ3v) is 3.05. The number of hydrogen-bond acceptors (Lipinski definition) is 5. The molecule has 0 saturated heterocycles. The first-order chi connectivity index (χ1) is 10.4. The van der Waals surface area contributed by atoms with Gasteiger partial charge < -0.3 is 20.3 Å².